The second-order valence-corrected chi connectivity index (χ2v) is 4.40. The molecule has 0 aliphatic heterocycles. The van der Waals surface area contributed by atoms with Crippen molar-refractivity contribution in [1.82, 2.24) is 9.97 Å². The lowest BCUT2D eigenvalue weighted by Gasteiger charge is -2.05. The molecule has 0 unspecified atom stereocenters. The first-order valence-electron chi connectivity index (χ1n) is 6.22. The summed E-state index contributed by atoms with van der Waals surface area (Å²) in [5, 5.41) is 9.08. The first-order chi connectivity index (χ1) is 9.58. The third kappa shape index (κ3) is 3.26. The van der Waals surface area contributed by atoms with Crippen LogP contribution in [0.5, 0.6) is 0 Å². The number of aromatic nitrogens is 2. The molecule has 1 N–H and O–H groups in total. The van der Waals surface area contributed by atoms with Crippen molar-refractivity contribution >= 4 is 11.8 Å². The smallest absolute Gasteiger partial charge is 0.355 e. The second-order valence-electron chi connectivity index (χ2n) is 4.40. The Labute approximate surface area is 116 Å². The summed E-state index contributed by atoms with van der Waals surface area (Å²) < 4.78 is 0. The van der Waals surface area contributed by atoms with E-state index in [4.69, 9.17) is 5.11 Å². The van der Waals surface area contributed by atoms with Crippen LogP contribution in [0.1, 0.15) is 39.2 Å². The standard InChI is InChI=1S/C15H14N2O3/c1-10(18)12-9-16-13(17-14(12)15(19)20)8-7-11-5-3-2-4-6-11/h2-6,9H,7-8H2,1H3,(H,19,20). The number of carboxylic acids is 1. The molecule has 1 aromatic heterocycles. The minimum Gasteiger partial charge on any atom is -0.476 e. The van der Waals surface area contributed by atoms with Crippen molar-refractivity contribution in [2.75, 3.05) is 0 Å². The third-order valence-electron chi connectivity index (χ3n) is 2.90. The molecule has 1 heterocycles. The number of benzene rings is 1. The molecular weight excluding hydrogens is 256 g/mol. The van der Waals surface area contributed by atoms with Crippen LogP contribution in [0.4, 0.5) is 0 Å². The highest BCUT2D eigenvalue weighted by atomic mass is 16.4. The number of Topliss-reactive ketones (excluding diaryl/α,β-unsaturated/α-hetero) is 1. The summed E-state index contributed by atoms with van der Waals surface area (Å²) in [4.78, 5) is 30.5. The summed E-state index contributed by atoms with van der Waals surface area (Å²) in [6.45, 7) is 1.30. The van der Waals surface area contributed by atoms with Crippen LogP contribution in [0.25, 0.3) is 0 Å². The van der Waals surface area contributed by atoms with Crippen LogP contribution in [-0.4, -0.2) is 26.8 Å². The summed E-state index contributed by atoms with van der Waals surface area (Å²) in [7, 11) is 0. The van der Waals surface area contributed by atoms with Crippen LogP contribution in [-0.2, 0) is 12.8 Å². The first-order valence-corrected chi connectivity index (χ1v) is 6.22. The van der Waals surface area contributed by atoms with Crippen LogP contribution >= 0.6 is 0 Å². The van der Waals surface area contributed by atoms with Crippen LogP contribution in [0.2, 0.25) is 0 Å². The first kappa shape index (κ1) is 13.9. The van der Waals surface area contributed by atoms with E-state index in [0.717, 1.165) is 12.0 Å². The predicted octanol–water partition coefficient (Wildman–Crippen LogP) is 2.16. The van der Waals surface area contributed by atoms with Gasteiger partial charge >= 0.3 is 5.97 Å². The van der Waals surface area contributed by atoms with E-state index in [2.05, 4.69) is 9.97 Å². The maximum atomic E-state index is 11.3. The van der Waals surface area contributed by atoms with Crippen molar-refractivity contribution in [2.24, 2.45) is 0 Å². The van der Waals surface area contributed by atoms with E-state index >= 15 is 0 Å². The van der Waals surface area contributed by atoms with Crippen LogP contribution in [0.15, 0.2) is 36.5 Å². The number of carbonyl (C=O) groups excluding carboxylic acids is 1. The zero-order chi connectivity index (χ0) is 14.5. The summed E-state index contributed by atoms with van der Waals surface area (Å²) in [5.74, 6) is -1.13. The number of hydrogen-bond donors (Lipinski definition) is 1. The number of carboxylic acid groups (broad SMARTS) is 1. The Hall–Kier alpha value is -2.56. The second kappa shape index (κ2) is 6.06. The van der Waals surface area contributed by atoms with Gasteiger partial charge in [-0.15, -0.1) is 0 Å². The molecule has 5 nitrogen and oxygen atoms in total. The van der Waals surface area contributed by atoms with Gasteiger partial charge in [0.2, 0.25) is 0 Å². The van der Waals surface area contributed by atoms with Gasteiger partial charge in [-0.2, -0.15) is 0 Å². The maximum absolute atomic E-state index is 11.3. The number of ketones is 1. The van der Waals surface area contributed by atoms with Gasteiger partial charge in [0.25, 0.3) is 0 Å². The third-order valence-corrected chi connectivity index (χ3v) is 2.90. The van der Waals surface area contributed by atoms with E-state index in [-0.39, 0.29) is 17.0 Å². The van der Waals surface area contributed by atoms with Gasteiger partial charge < -0.3 is 5.11 Å². The maximum Gasteiger partial charge on any atom is 0.355 e. The van der Waals surface area contributed by atoms with Gasteiger partial charge in [-0.25, -0.2) is 14.8 Å². The molecule has 0 saturated carbocycles. The van der Waals surface area contributed by atoms with Crippen molar-refractivity contribution in [3.05, 3.63) is 59.2 Å². The average Bonchev–Trinajstić information content (AvgIpc) is 2.45. The molecule has 102 valence electrons. The van der Waals surface area contributed by atoms with E-state index in [9.17, 15) is 9.59 Å². The number of carbonyl (C=O) groups is 2. The van der Waals surface area contributed by atoms with Crippen molar-refractivity contribution < 1.29 is 14.7 Å². The monoisotopic (exact) mass is 270 g/mol. The van der Waals surface area contributed by atoms with Crippen molar-refractivity contribution in [3.63, 3.8) is 0 Å². The fourth-order valence-electron chi connectivity index (χ4n) is 1.86. The minimum absolute atomic E-state index is 0.0426. The zero-order valence-corrected chi connectivity index (χ0v) is 11.0. The largest absolute Gasteiger partial charge is 0.476 e. The van der Waals surface area contributed by atoms with E-state index in [1.54, 1.807) is 0 Å². The van der Waals surface area contributed by atoms with E-state index < -0.39 is 5.97 Å². The van der Waals surface area contributed by atoms with Gasteiger partial charge in [-0.1, -0.05) is 30.3 Å². The minimum atomic E-state index is -1.21. The fraction of sp³-hybridized carbons (Fsp3) is 0.200. The molecule has 0 atom stereocenters. The number of nitrogens with zero attached hydrogens (tertiary/aromatic N) is 2. The molecule has 0 fully saturated rings. The lowest BCUT2D eigenvalue weighted by Crippen LogP contribution is -2.12. The van der Waals surface area contributed by atoms with Crippen LogP contribution in [0, 0.1) is 0 Å². The van der Waals surface area contributed by atoms with Gasteiger partial charge in [0.1, 0.15) is 5.82 Å². The number of aryl methyl sites for hydroxylation is 2. The van der Waals surface area contributed by atoms with E-state index in [0.29, 0.717) is 12.2 Å². The molecule has 0 bridgehead atoms. The molecule has 0 radical (unpaired) electrons. The predicted molar refractivity (Wildman–Crippen MR) is 72.8 cm³/mol. The molecule has 0 aliphatic carbocycles. The molecule has 0 spiro atoms. The quantitative estimate of drug-likeness (QED) is 0.842. The van der Waals surface area contributed by atoms with Gasteiger partial charge in [-0.05, 0) is 18.9 Å². The summed E-state index contributed by atoms with van der Waals surface area (Å²) in [6.07, 6.45) is 2.54. The van der Waals surface area contributed by atoms with Gasteiger partial charge in [-0.3, -0.25) is 4.79 Å². The summed E-state index contributed by atoms with van der Waals surface area (Å²) in [6, 6.07) is 9.80. The molecule has 2 rings (SSSR count). The Bertz CT molecular complexity index is 639. The molecule has 2 aromatic rings. The Morgan fingerprint density at radius 2 is 1.85 bits per heavy atom. The van der Waals surface area contributed by atoms with E-state index in [1.807, 2.05) is 30.3 Å². The van der Waals surface area contributed by atoms with Gasteiger partial charge in [0.05, 0.1) is 5.56 Å². The fourth-order valence-corrected chi connectivity index (χ4v) is 1.86. The number of aromatic carboxylic acids is 1. The Morgan fingerprint density at radius 3 is 2.45 bits per heavy atom. The SMILES string of the molecule is CC(=O)c1cnc(CCc2ccccc2)nc1C(=O)O. The Balaban J connectivity index is 2.19. The lowest BCUT2D eigenvalue weighted by molar-refractivity contribution is 0.0685. The average molecular weight is 270 g/mol. The van der Waals surface area contributed by atoms with E-state index in [1.165, 1.54) is 13.1 Å². The molecule has 0 saturated heterocycles. The van der Waals surface area contributed by atoms with Crippen molar-refractivity contribution in [3.8, 4) is 0 Å². The van der Waals surface area contributed by atoms with Crippen LogP contribution < -0.4 is 0 Å². The van der Waals surface area contributed by atoms with Crippen molar-refractivity contribution in [1.29, 1.82) is 0 Å². The normalized spacial score (nSPS) is 10.2. The molecule has 0 aliphatic rings. The highest BCUT2D eigenvalue weighted by Crippen LogP contribution is 2.09. The summed E-state index contributed by atoms with van der Waals surface area (Å²) >= 11 is 0. The molecule has 5 heteroatoms. The molecule has 1 aromatic carbocycles. The highest BCUT2D eigenvalue weighted by Gasteiger charge is 2.17. The van der Waals surface area contributed by atoms with Crippen LogP contribution in [0.3, 0.4) is 0 Å². The summed E-state index contributed by atoms with van der Waals surface area (Å²) in [5.41, 5.74) is 0.945. The molecular formula is C15H14N2O3. The van der Waals surface area contributed by atoms with Gasteiger partial charge in [0, 0.05) is 12.6 Å². The Morgan fingerprint density at radius 1 is 1.15 bits per heavy atom. The van der Waals surface area contributed by atoms with Crippen molar-refractivity contribution in [2.45, 2.75) is 19.8 Å². The highest BCUT2D eigenvalue weighted by molar-refractivity contribution is 6.03. The molecule has 20 heavy (non-hydrogen) atoms. The number of hydrogen-bond acceptors (Lipinski definition) is 4. The topological polar surface area (TPSA) is 80.2 Å². The lowest BCUT2D eigenvalue weighted by atomic mass is 10.1. The zero-order valence-electron chi connectivity index (χ0n) is 11.0. The molecule has 0 amide bonds. The number of rotatable bonds is 5. The Kier molecular flexibility index (Phi) is 4.20. The van der Waals surface area contributed by atoms with Gasteiger partial charge in [0.15, 0.2) is 11.5 Å².